The third-order valence-corrected chi connectivity index (χ3v) is 5.45. The van der Waals surface area contributed by atoms with Crippen LogP contribution in [0.1, 0.15) is 29.9 Å². The number of hydrogen-bond acceptors (Lipinski definition) is 5. The van der Waals surface area contributed by atoms with Crippen LogP contribution in [-0.2, 0) is 0 Å². The van der Waals surface area contributed by atoms with Gasteiger partial charge in [-0.05, 0) is 66.9 Å². The first-order chi connectivity index (χ1) is 15.7. The monoisotopic (exact) mass is 435 g/mol. The van der Waals surface area contributed by atoms with Crippen LogP contribution in [0.2, 0.25) is 0 Å². The van der Waals surface area contributed by atoms with E-state index >= 15 is 0 Å². The molecule has 0 aromatic heterocycles. The zero-order valence-corrected chi connectivity index (χ0v) is 18.9. The molecule has 0 heterocycles. The van der Waals surface area contributed by atoms with Gasteiger partial charge in [-0.25, -0.2) is 0 Å². The van der Waals surface area contributed by atoms with Gasteiger partial charge in [0.2, 0.25) is 0 Å². The summed E-state index contributed by atoms with van der Waals surface area (Å²) in [7, 11) is 3.36. The van der Waals surface area contributed by atoms with E-state index in [1.54, 1.807) is 14.2 Å². The molecule has 3 aromatic carbocycles. The Hall–Kier alpha value is -3.02. The second-order valence-electron chi connectivity index (χ2n) is 7.72. The molecular weight excluding hydrogens is 402 g/mol. The number of ether oxygens (including phenoxy) is 3. The van der Waals surface area contributed by atoms with Crippen molar-refractivity contribution < 1.29 is 19.3 Å². The summed E-state index contributed by atoms with van der Waals surface area (Å²) in [6.45, 7) is 1.60. The van der Waals surface area contributed by atoms with Crippen molar-refractivity contribution >= 4 is 0 Å². The van der Waals surface area contributed by atoms with Gasteiger partial charge in [-0.15, -0.1) is 0 Å². The van der Waals surface area contributed by atoms with Crippen LogP contribution < -0.4 is 19.5 Å². The summed E-state index contributed by atoms with van der Waals surface area (Å²) >= 11 is 0. The molecule has 3 aromatic rings. The molecule has 0 aliphatic carbocycles. The van der Waals surface area contributed by atoms with Crippen LogP contribution in [0.4, 0.5) is 0 Å². The van der Waals surface area contributed by atoms with Crippen molar-refractivity contribution in [1.29, 1.82) is 0 Å². The Labute approximate surface area is 191 Å². The van der Waals surface area contributed by atoms with E-state index in [0.717, 1.165) is 36.6 Å². The van der Waals surface area contributed by atoms with E-state index in [-0.39, 0.29) is 12.5 Å². The molecule has 0 aliphatic heterocycles. The van der Waals surface area contributed by atoms with Crippen molar-refractivity contribution in [2.24, 2.45) is 0 Å². The van der Waals surface area contributed by atoms with Crippen molar-refractivity contribution in [3.05, 3.63) is 90.0 Å². The normalized spacial score (nSPS) is 11.9. The van der Waals surface area contributed by atoms with Crippen molar-refractivity contribution in [2.75, 3.05) is 33.9 Å². The van der Waals surface area contributed by atoms with Crippen LogP contribution in [-0.4, -0.2) is 45.1 Å². The highest BCUT2D eigenvalue weighted by atomic mass is 16.5. The lowest BCUT2D eigenvalue weighted by molar-refractivity contribution is 0.106. The summed E-state index contributed by atoms with van der Waals surface area (Å²) < 4.78 is 16.2. The molecule has 0 radical (unpaired) electrons. The lowest BCUT2D eigenvalue weighted by Gasteiger charge is -2.19. The van der Waals surface area contributed by atoms with E-state index in [9.17, 15) is 5.11 Å². The second kappa shape index (κ2) is 12.7. The van der Waals surface area contributed by atoms with Gasteiger partial charge in [0.15, 0.2) is 0 Å². The number of methoxy groups -OCH3 is 2. The number of para-hydroxylation sites is 1. The van der Waals surface area contributed by atoms with Gasteiger partial charge in [0, 0.05) is 12.5 Å². The number of rotatable bonds is 13. The van der Waals surface area contributed by atoms with E-state index in [1.807, 2.05) is 54.6 Å². The summed E-state index contributed by atoms with van der Waals surface area (Å²) in [5.74, 6) is 2.76. The third-order valence-electron chi connectivity index (χ3n) is 5.45. The fraction of sp³-hybridized carbons (Fsp3) is 0.333. The Morgan fingerprint density at radius 3 is 1.84 bits per heavy atom. The first-order valence-corrected chi connectivity index (χ1v) is 11.0. The second-order valence-corrected chi connectivity index (χ2v) is 7.72. The largest absolute Gasteiger partial charge is 0.497 e. The zero-order valence-electron chi connectivity index (χ0n) is 18.9. The van der Waals surface area contributed by atoms with E-state index < -0.39 is 6.10 Å². The Morgan fingerprint density at radius 1 is 0.750 bits per heavy atom. The van der Waals surface area contributed by atoms with Gasteiger partial charge in [0.05, 0.1) is 14.2 Å². The van der Waals surface area contributed by atoms with E-state index in [0.29, 0.717) is 6.54 Å². The Morgan fingerprint density at radius 2 is 1.31 bits per heavy atom. The SMILES string of the molecule is COc1ccc(C(CCCNCC(O)COc2ccccc2)c2ccc(OC)cc2)cc1. The van der Waals surface area contributed by atoms with Crippen molar-refractivity contribution in [1.82, 2.24) is 5.32 Å². The molecule has 3 rings (SSSR count). The lowest BCUT2D eigenvalue weighted by atomic mass is 9.87. The average molecular weight is 436 g/mol. The molecule has 5 heteroatoms. The maximum atomic E-state index is 10.2. The van der Waals surface area contributed by atoms with E-state index in [4.69, 9.17) is 14.2 Å². The molecule has 0 bridgehead atoms. The van der Waals surface area contributed by atoms with Crippen LogP contribution in [0.15, 0.2) is 78.9 Å². The molecule has 0 aliphatic rings. The minimum atomic E-state index is -0.547. The van der Waals surface area contributed by atoms with Crippen molar-refractivity contribution in [3.8, 4) is 17.2 Å². The number of benzene rings is 3. The molecule has 0 saturated carbocycles. The van der Waals surface area contributed by atoms with Crippen molar-refractivity contribution in [3.63, 3.8) is 0 Å². The molecule has 0 spiro atoms. The van der Waals surface area contributed by atoms with Crippen molar-refractivity contribution in [2.45, 2.75) is 24.9 Å². The zero-order chi connectivity index (χ0) is 22.6. The van der Waals surface area contributed by atoms with Gasteiger partial charge >= 0.3 is 0 Å². The van der Waals surface area contributed by atoms with Gasteiger partial charge in [0.25, 0.3) is 0 Å². The molecule has 2 N–H and O–H groups in total. The highest BCUT2D eigenvalue weighted by Crippen LogP contribution is 2.31. The fourth-order valence-electron chi connectivity index (χ4n) is 3.67. The molecule has 1 atom stereocenters. The Bertz CT molecular complexity index is 850. The highest BCUT2D eigenvalue weighted by Gasteiger charge is 2.15. The van der Waals surface area contributed by atoms with Crippen LogP contribution >= 0.6 is 0 Å². The maximum absolute atomic E-state index is 10.2. The Kier molecular flexibility index (Phi) is 9.41. The molecule has 0 fully saturated rings. The molecule has 170 valence electrons. The first-order valence-electron chi connectivity index (χ1n) is 11.0. The Balaban J connectivity index is 1.49. The highest BCUT2D eigenvalue weighted by molar-refractivity contribution is 5.38. The minimum Gasteiger partial charge on any atom is -0.497 e. The quantitative estimate of drug-likeness (QED) is 0.383. The minimum absolute atomic E-state index is 0.275. The maximum Gasteiger partial charge on any atom is 0.119 e. The van der Waals surface area contributed by atoms with Crippen LogP contribution in [0.3, 0.4) is 0 Å². The predicted octanol–water partition coefficient (Wildman–Crippen LogP) is 4.65. The summed E-state index contributed by atoms with van der Waals surface area (Å²) in [6.07, 6.45) is 1.42. The van der Waals surface area contributed by atoms with Gasteiger partial charge in [-0.3, -0.25) is 0 Å². The number of nitrogens with one attached hydrogen (secondary N) is 1. The topological polar surface area (TPSA) is 60.0 Å². The van der Waals surface area contributed by atoms with Gasteiger partial charge in [-0.1, -0.05) is 42.5 Å². The molecule has 1 unspecified atom stereocenters. The predicted molar refractivity (Wildman–Crippen MR) is 128 cm³/mol. The van der Waals surface area contributed by atoms with Crippen LogP contribution in [0, 0.1) is 0 Å². The number of aliphatic hydroxyl groups excluding tert-OH is 1. The molecule has 0 amide bonds. The smallest absolute Gasteiger partial charge is 0.119 e. The summed E-state index contributed by atoms with van der Waals surface area (Å²) in [5.41, 5.74) is 2.51. The lowest BCUT2D eigenvalue weighted by Crippen LogP contribution is -2.32. The summed E-state index contributed by atoms with van der Waals surface area (Å²) in [4.78, 5) is 0. The van der Waals surface area contributed by atoms with E-state index in [2.05, 4.69) is 29.6 Å². The van der Waals surface area contributed by atoms with Gasteiger partial charge in [-0.2, -0.15) is 0 Å². The molecular formula is C27H33NO4. The summed E-state index contributed by atoms with van der Waals surface area (Å²) in [5, 5.41) is 13.5. The number of hydrogen-bond donors (Lipinski definition) is 2. The molecule has 0 saturated heterocycles. The molecule has 5 nitrogen and oxygen atoms in total. The van der Waals surface area contributed by atoms with Gasteiger partial charge < -0.3 is 24.6 Å². The fourth-order valence-corrected chi connectivity index (χ4v) is 3.67. The third kappa shape index (κ3) is 7.29. The summed E-state index contributed by atoms with van der Waals surface area (Å²) in [6, 6.07) is 26.1. The number of aliphatic hydroxyl groups is 1. The van der Waals surface area contributed by atoms with Gasteiger partial charge in [0.1, 0.15) is 30.0 Å². The standard InChI is InChI=1S/C27H33NO4/c1-30-24-14-10-21(11-15-24)27(22-12-16-25(31-2)17-13-22)9-6-18-28-19-23(29)20-32-26-7-4-3-5-8-26/h3-5,7-8,10-17,23,27-29H,6,9,18-20H2,1-2H3. The first kappa shape index (κ1) is 23.6. The molecule has 32 heavy (non-hydrogen) atoms. The van der Waals surface area contributed by atoms with Crippen LogP contribution in [0.5, 0.6) is 17.2 Å². The van der Waals surface area contributed by atoms with E-state index in [1.165, 1.54) is 11.1 Å². The van der Waals surface area contributed by atoms with Crippen LogP contribution in [0.25, 0.3) is 0 Å². The average Bonchev–Trinajstić information content (AvgIpc) is 2.86.